The normalized spacial score (nSPS) is 20.3. The molecule has 3 aromatic rings. The number of imide groups is 1. The smallest absolute Gasteiger partial charge is 0.266 e. The molecule has 0 aliphatic carbocycles. The first-order valence-corrected chi connectivity index (χ1v) is 13.6. The zero-order valence-electron chi connectivity index (χ0n) is 22.5. The third-order valence-corrected chi connectivity index (χ3v) is 6.90. The first-order valence-electron chi connectivity index (χ1n) is 13.6. The fourth-order valence-electron chi connectivity index (χ4n) is 5.13. The van der Waals surface area contributed by atoms with Crippen LogP contribution in [0, 0.1) is 5.92 Å². The molecule has 8 nitrogen and oxygen atoms in total. The molecule has 2 aliphatic heterocycles. The molecule has 0 unspecified atom stereocenters. The SMILES string of the molecule is CCCCOc1ccc([C@H]2[C@H]3C(=O)N(c4ccccc4OCC)C(=O)[C@H]3ON2c2ccccc2)cc1OCC. The molecule has 5 rings (SSSR count). The van der Waals surface area contributed by atoms with E-state index in [9.17, 15) is 9.59 Å². The number of anilines is 2. The van der Waals surface area contributed by atoms with Crippen LogP contribution >= 0.6 is 0 Å². The minimum absolute atomic E-state index is 0.332. The van der Waals surface area contributed by atoms with Crippen molar-refractivity contribution in [3.63, 3.8) is 0 Å². The second-order valence-electron chi connectivity index (χ2n) is 9.41. The summed E-state index contributed by atoms with van der Waals surface area (Å²) in [6.45, 7) is 7.35. The largest absolute Gasteiger partial charge is 0.492 e. The summed E-state index contributed by atoms with van der Waals surface area (Å²) in [5, 5.41) is 1.68. The van der Waals surface area contributed by atoms with Crippen LogP contribution in [0.1, 0.15) is 45.2 Å². The fourth-order valence-corrected chi connectivity index (χ4v) is 5.13. The molecule has 2 saturated heterocycles. The van der Waals surface area contributed by atoms with Gasteiger partial charge < -0.3 is 14.2 Å². The number of rotatable bonds is 11. The first kappa shape index (κ1) is 26.6. The molecule has 0 radical (unpaired) electrons. The van der Waals surface area contributed by atoms with Gasteiger partial charge in [-0.2, -0.15) is 0 Å². The van der Waals surface area contributed by atoms with Crippen molar-refractivity contribution >= 4 is 23.2 Å². The lowest BCUT2D eigenvalue weighted by atomic mass is 9.90. The number of benzene rings is 3. The third-order valence-electron chi connectivity index (χ3n) is 6.90. The fraction of sp³-hybridized carbons (Fsp3) is 0.355. The van der Waals surface area contributed by atoms with Gasteiger partial charge in [0, 0.05) is 0 Å². The number of unbranched alkanes of at least 4 members (excludes halogenated alkanes) is 1. The summed E-state index contributed by atoms with van der Waals surface area (Å²) in [7, 11) is 0. The van der Waals surface area contributed by atoms with E-state index in [0.29, 0.717) is 42.8 Å². The van der Waals surface area contributed by atoms with Gasteiger partial charge in [0.25, 0.3) is 5.91 Å². The zero-order valence-corrected chi connectivity index (χ0v) is 22.5. The summed E-state index contributed by atoms with van der Waals surface area (Å²) < 4.78 is 17.7. The van der Waals surface area contributed by atoms with Crippen LogP contribution in [-0.4, -0.2) is 37.7 Å². The van der Waals surface area contributed by atoms with E-state index in [1.54, 1.807) is 23.3 Å². The second-order valence-corrected chi connectivity index (χ2v) is 9.41. The van der Waals surface area contributed by atoms with Gasteiger partial charge in [-0.1, -0.05) is 49.7 Å². The quantitative estimate of drug-likeness (QED) is 0.232. The third kappa shape index (κ3) is 5.04. The summed E-state index contributed by atoms with van der Waals surface area (Å²) in [6, 6.07) is 21.7. The Kier molecular flexibility index (Phi) is 8.02. The molecule has 2 aliphatic rings. The number of ether oxygens (including phenoxy) is 3. The Balaban J connectivity index is 1.56. The van der Waals surface area contributed by atoms with Gasteiger partial charge in [0.15, 0.2) is 17.6 Å². The molecule has 0 bridgehead atoms. The Hall–Kier alpha value is -4.04. The number of para-hydroxylation sites is 3. The maximum Gasteiger partial charge on any atom is 0.266 e. The Morgan fingerprint density at radius 1 is 0.769 bits per heavy atom. The number of amides is 2. The van der Waals surface area contributed by atoms with Gasteiger partial charge in [-0.15, -0.1) is 0 Å². The lowest BCUT2D eigenvalue weighted by Crippen LogP contribution is -2.37. The van der Waals surface area contributed by atoms with Gasteiger partial charge in [0.1, 0.15) is 11.7 Å². The van der Waals surface area contributed by atoms with E-state index in [0.717, 1.165) is 24.1 Å². The minimum Gasteiger partial charge on any atom is -0.492 e. The summed E-state index contributed by atoms with van der Waals surface area (Å²) in [6.07, 6.45) is 0.981. The van der Waals surface area contributed by atoms with Crippen LogP contribution < -0.4 is 24.2 Å². The molecule has 0 saturated carbocycles. The molecule has 0 N–H and O–H groups in total. The van der Waals surface area contributed by atoms with Crippen LogP contribution in [0.25, 0.3) is 0 Å². The second kappa shape index (κ2) is 11.8. The molecule has 39 heavy (non-hydrogen) atoms. The van der Waals surface area contributed by atoms with Crippen LogP contribution in [0.5, 0.6) is 17.2 Å². The van der Waals surface area contributed by atoms with E-state index in [1.807, 2.05) is 68.4 Å². The number of hydrogen-bond acceptors (Lipinski definition) is 7. The molecule has 8 heteroatoms. The number of fused-ring (bicyclic) bond motifs is 1. The molecule has 3 atom stereocenters. The summed E-state index contributed by atoms with van der Waals surface area (Å²) in [5.74, 6) is 0.209. The van der Waals surface area contributed by atoms with Crippen molar-refractivity contribution in [2.24, 2.45) is 5.92 Å². The number of hydroxylamine groups is 1. The lowest BCUT2D eigenvalue weighted by molar-refractivity contribution is -0.126. The van der Waals surface area contributed by atoms with E-state index in [1.165, 1.54) is 4.90 Å². The molecule has 2 amide bonds. The van der Waals surface area contributed by atoms with Crippen molar-refractivity contribution in [3.8, 4) is 17.2 Å². The van der Waals surface area contributed by atoms with Gasteiger partial charge >= 0.3 is 0 Å². The van der Waals surface area contributed by atoms with Crippen molar-refractivity contribution in [1.29, 1.82) is 0 Å². The van der Waals surface area contributed by atoms with Gasteiger partial charge in [-0.05, 0) is 62.2 Å². The van der Waals surface area contributed by atoms with Crippen molar-refractivity contribution in [1.82, 2.24) is 0 Å². The van der Waals surface area contributed by atoms with Crippen molar-refractivity contribution < 1.29 is 28.6 Å². The maximum atomic E-state index is 14.1. The number of hydrogen-bond donors (Lipinski definition) is 0. The standard InChI is InChI=1S/C31H34N2O6/c1-4-7-19-38-25-18-17-21(20-26(25)37-6-3)28-27-29(39-33(28)22-13-9-8-10-14-22)31(35)32(30(27)34)23-15-11-12-16-24(23)36-5-2/h8-18,20,27-29H,4-7,19H2,1-3H3/t27-,28+,29+/m1/s1. The highest BCUT2D eigenvalue weighted by Gasteiger charge is 2.60. The lowest BCUT2D eigenvalue weighted by Gasteiger charge is -2.29. The highest BCUT2D eigenvalue weighted by molar-refractivity contribution is 6.24. The van der Waals surface area contributed by atoms with Crippen LogP contribution in [0.4, 0.5) is 11.4 Å². The van der Waals surface area contributed by atoms with Gasteiger partial charge in [-0.3, -0.25) is 14.4 Å². The predicted octanol–water partition coefficient (Wildman–Crippen LogP) is 5.71. The van der Waals surface area contributed by atoms with Crippen molar-refractivity contribution in [3.05, 3.63) is 78.4 Å². The van der Waals surface area contributed by atoms with E-state index in [2.05, 4.69) is 6.92 Å². The molecule has 204 valence electrons. The zero-order chi connectivity index (χ0) is 27.4. The average molecular weight is 531 g/mol. The molecular formula is C31H34N2O6. The Labute approximate surface area is 229 Å². The van der Waals surface area contributed by atoms with Gasteiger partial charge in [0.05, 0.1) is 37.2 Å². The molecule has 2 fully saturated rings. The highest BCUT2D eigenvalue weighted by atomic mass is 16.7. The molecule has 3 aromatic carbocycles. The van der Waals surface area contributed by atoms with E-state index in [4.69, 9.17) is 19.0 Å². The first-order chi connectivity index (χ1) is 19.1. The minimum atomic E-state index is -0.978. The highest BCUT2D eigenvalue weighted by Crippen LogP contribution is 2.49. The summed E-state index contributed by atoms with van der Waals surface area (Å²) in [5.41, 5.74) is 1.96. The van der Waals surface area contributed by atoms with Crippen molar-refractivity contribution in [2.45, 2.75) is 45.8 Å². The Morgan fingerprint density at radius 3 is 2.23 bits per heavy atom. The molecule has 0 aromatic heterocycles. The predicted molar refractivity (Wildman–Crippen MR) is 148 cm³/mol. The Morgan fingerprint density at radius 2 is 1.49 bits per heavy atom. The topological polar surface area (TPSA) is 77.5 Å². The summed E-state index contributed by atoms with van der Waals surface area (Å²) >= 11 is 0. The molecular weight excluding hydrogens is 496 g/mol. The monoisotopic (exact) mass is 530 g/mol. The van der Waals surface area contributed by atoms with Crippen LogP contribution in [0.15, 0.2) is 72.8 Å². The number of nitrogens with zero attached hydrogens (tertiary/aromatic N) is 2. The van der Waals surface area contributed by atoms with Crippen molar-refractivity contribution in [2.75, 3.05) is 29.8 Å². The van der Waals surface area contributed by atoms with E-state index in [-0.39, 0.29) is 5.91 Å². The molecule has 2 heterocycles. The van der Waals surface area contributed by atoms with Crippen LogP contribution in [0.3, 0.4) is 0 Å². The Bertz CT molecular complexity index is 1310. The maximum absolute atomic E-state index is 14.1. The number of carbonyl (C=O) groups excluding carboxylic acids is 2. The van der Waals surface area contributed by atoms with Gasteiger partial charge in [-0.25, -0.2) is 9.96 Å². The van der Waals surface area contributed by atoms with Crippen LogP contribution in [0.2, 0.25) is 0 Å². The van der Waals surface area contributed by atoms with Gasteiger partial charge in [0.2, 0.25) is 5.91 Å². The summed E-state index contributed by atoms with van der Waals surface area (Å²) in [4.78, 5) is 35.3. The average Bonchev–Trinajstić information content (AvgIpc) is 3.46. The number of carbonyl (C=O) groups is 2. The molecule has 0 spiro atoms. The van der Waals surface area contributed by atoms with E-state index < -0.39 is 24.0 Å². The van der Waals surface area contributed by atoms with E-state index >= 15 is 0 Å². The van der Waals surface area contributed by atoms with Crippen LogP contribution in [-0.2, 0) is 14.4 Å².